The summed E-state index contributed by atoms with van der Waals surface area (Å²) in [6.45, 7) is -0.515. The normalized spacial score (nSPS) is 14.8. The van der Waals surface area contributed by atoms with Gasteiger partial charge in [-0.2, -0.15) is 5.26 Å². The SMILES string of the molecule is N#CCOc1ccc(/C=C2\SC(=O)N(CC(=O)Nc3ccc(F)cc3)C2=O)cc1. The van der Waals surface area contributed by atoms with Gasteiger partial charge in [-0.15, -0.1) is 0 Å². The molecule has 29 heavy (non-hydrogen) atoms. The van der Waals surface area contributed by atoms with Crippen LogP contribution in [0.4, 0.5) is 14.9 Å². The van der Waals surface area contributed by atoms with Gasteiger partial charge < -0.3 is 10.1 Å². The second-order valence-electron chi connectivity index (χ2n) is 5.84. The van der Waals surface area contributed by atoms with Crippen LogP contribution < -0.4 is 10.1 Å². The first-order chi connectivity index (χ1) is 14.0. The van der Waals surface area contributed by atoms with Gasteiger partial charge in [-0.25, -0.2) is 4.39 Å². The van der Waals surface area contributed by atoms with Crippen molar-refractivity contribution in [2.45, 2.75) is 0 Å². The number of thioether (sulfide) groups is 1. The van der Waals surface area contributed by atoms with E-state index >= 15 is 0 Å². The summed E-state index contributed by atoms with van der Waals surface area (Å²) in [6.07, 6.45) is 1.54. The number of ether oxygens (including phenoxy) is 1. The molecule has 0 unspecified atom stereocenters. The van der Waals surface area contributed by atoms with Gasteiger partial charge in [0, 0.05) is 5.69 Å². The number of hydrogen-bond donors (Lipinski definition) is 1. The number of benzene rings is 2. The molecule has 0 radical (unpaired) electrons. The van der Waals surface area contributed by atoms with E-state index in [1.54, 1.807) is 24.3 Å². The first-order valence-electron chi connectivity index (χ1n) is 8.37. The Labute approximate surface area is 169 Å². The largest absolute Gasteiger partial charge is 0.479 e. The van der Waals surface area contributed by atoms with E-state index in [9.17, 15) is 18.8 Å². The number of hydrogen-bond acceptors (Lipinski definition) is 6. The number of carbonyl (C=O) groups is 3. The van der Waals surface area contributed by atoms with E-state index in [-0.39, 0.29) is 11.5 Å². The number of anilines is 1. The summed E-state index contributed by atoms with van der Waals surface area (Å²) >= 11 is 0.740. The monoisotopic (exact) mass is 411 g/mol. The van der Waals surface area contributed by atoms with Crippen LogP contribution in [0.25, 0.3) is 6.08 Å². The Morgan fingerprint density at radius 2 is 1.86 bits per heavy atom. The minimum Gasteiger partial charge on any atom is -0.479 e. The van der Waals surface area contributed by atoms with Crippen molar-refractivity contribution in [3.63, 3.8) is 0 Å². The Morgan fingerprint density at radius 3 is 2.52 bits per heavy atom. The Morgan fingerprint density at radius 1 is 1.17 bits per heavy atom. The summed E-state index contributed by atoms with van der Waals surface area (Å²) in [7, 11) is 0. The number of amides is 3. The Balaban J connectivity index is 1.64. The summed E-state index contributed by atoms with van der Waals surface area (Å²) in [5.41, 5.74) is 1.02. The van der Waals surface area contributed by atoms with Crippen LogP contribution in [-0.2, 0) is 9.59 Å². The van der Waals surface area contributed by atoms with Crippen molar-refractivity contribution in [1.29, 1.82) is 5.26 Å². The number of halogens is 1. The molecule has 2 aromatic rings. The highest BCUT2D eigenvalue weighted by atomic mass is 32.2. The number of nitrogens with zero attached hydrogens (tertiary/aromatic N) is 2. The van der Waals surface area contributed by atoms with Gasteiger partial charge in [0.2, 0.25) is 5.91 Å². The second-order valence-corrected chi connectivity index (χ2v) is 6.83. The number of rotatable bonds is 6. The molecule has 2 aromatic carbocycles. The van der Waals surface area contributed by atoms with Crippen molar-refractivity contribution >= 4 is 40.6 Å². The molecule has 1 fully saturated rings. The van der Waals surface area contributed by atoms with Crippen molar-refractivity contribution in [2.24, 2.45) is 0 Å². The maximum absolute atomic E-state index is 12.9. The third kappa shape index (κ3) is 5.21. The van der Waals surface area contributed by atoms with E-state index < -0.39 is 29.4 Å². The molecule has 1 aliphatic rings. The molecule has 1 aliphatic heterocycles. The summed E-state index contributed by atoms with van der Waals surface area (Å²) in [5, 5.41) is 10.5. The predicted octanol–water partition coefficient (Wildman–Crippen LogP) is 3.40. The van der Waals surface area contributed by atoms with Gasteiger partial charge in [0.1, 0.15) is 24.2 Å². The number of imide groups is 1. The highest BCUT2D eigenvalue weighted by Crippen LogP contribution is 2.32. The van der Waals surface area contributed by atoms with Crippen LogP contribution >= 0.6 is 11.8 Å². The zero-order valence-corrected chi connectivity index (χ0v) is 15.7. The smallest absolute Gasteiger partial charge is 0.294 e. The number of carbonyl (C=O) groups excluding carboxylic acids is 3. The zero-order chi connectivity index (χ0) is 20.8. The van der Waals surface area contributed by atoms with Gasteiger partial charge in [-0.05, 0) is 59.8 Å². The van der Waals surface area contributed by atoms with Crippen molar-refractivity contribution in [3.8, 4) is 11.8 Å². The van der Waals surface area contributed by atoms with Crippen LogP contribution in [0.5, 0.6) is 5.75 Å². The molecule has 0 bridgehead atoms. The predicted molar refractivity (Wildman–Crippen MR) is 105 cm³/mol. The first kappa shape index (κ1) is 20.1. The second kappa shape index (κ2) is 9.03. The fourth-order valence-corrected chi connectivity index (χ4v) is 3.28. The summed E-state index contributed by atoms with van der Waals surface area (Å²) in [4.78, 5) is 37.8. The van der Waals surface area contributed by atoms with Crippen molar-refractivity contribution in [3.05, 3.63) is 64.8 Å². The molecule has 1 saturated heterocycles. The molecule has 0 aliphatic carbocycles. The topological polar surface area (TPSA) is 99.5 Å². The molecule has 1 heterocycles. The molecule has 1 N–H and O–H groups in total. The van der Waals surface area contributed by atoms with Gasteiger partial charge in [0.25, 0.3) is 11.1 Å². The summed E-state index contributed by atoms with van der Waals surface area (Å²) in [5.74, 6) is -1.07. The van der Waals surface area contributed by atoms with E-state index in [4.69, 9.17) is 10.00 Å². The number of nitriles is 1. The highest BCUT2D eigenvalue weighted by molar-refractivity contribution is 8.18. The molecule has 3 amide bonds. The van der Waals surface area contributed by atoms with Crippen molar-refractivity contribution < 1.29 is 23.5 Å². The van der Waals surface area contributed by atoms with Crippen LogP contribution in [0, 0.1) is 17.1 Å². The zero-order valence-electron chi connectivity index (χ0n) is 14.9. The molecule has 0 aromatic heterocycles. The maximum atomic E-state index is 12.9. The number of nitrogens with one attached hydrogen (secondary N) is 1. The molecule has 146 valence electrons. The van der Waals surface area contributed by atoms with Gasteiger partial charge in [-0.3, -0.25) is 19.3 Å². The lowest BCUT2D eigenvalue weighted by Crippen LogP contribution is -2.36. The van der Waals surface area contributed by atoms with Gasteiger partial charge >= 0.3 is 0 Å². The van der Waals surface area contributed by atoms with E-state index in [1.165, 1.54) is 30.3 Å². The maximum Gasteiger partial charge on any atom is 0.294 e. The Kier molecular flexibility index (Phi) is 6.26. The molecular weight excluding hydrogens is 397 g/mol. The van der Waals surface area contributed by atoms with Crippen LogP contribution in [-0.4, -0.2) is 35.1 Å². The van der Waals surface area contributed by atoms with Crippen LogP contribution in [0.2, 0.25) is 0 Å². The third-order valence-corrected chi connectivity index (χ3v) is 4.69. The fourth-order valence-electron chi connectivity index (χ4n) is 2.44. The first-order valence-corrected chi connectivity index (χ1v) is 9.18. The van der Waals surface area contributed by atoms with Crippen molar-refractivity contribution in [1.82, 2.24) is 4.90 Å². The van der Waals surface area contributed by atoms with Gasteiger partial charge in [0.15, 0.2) is 6.61 Å². The summed E-state index contributed by atoms with van der Waals surface area (Å²) < 4.78 is 18.1. The molecular formula is C20H14FN3O4S. The molecule has 0 spiro atoms. The Hall–Kier alpha value is -3.64. The molecule has 0 atom stereocenters. The summed E-state index contributed by atoms with van der Waals surface area (Å²) in [6, 6.07) is 13.7. The van der Waals surface area contributed by atoms with E-state index in [2.05, 4.69) is 5.32 Å². The van der Waals surface area contributed by atoms with Crippen LogP contribution in [0.15, 0.2) is 53.4 Å². The van der Waals surface area contributed by atoms with Crippen molar-refractivity contribution in [2.75, 3.05) is 18.5 Å². The quantitative estimate of drug-likeness (QED) is 0.732. The van der Waals surface area contributed by atoms with Crippen LogP contribution in [0.1, 0.15) is 5.56 Å². The molecule has 0 saturated carbocycles. The van der Waals surface area contributed by atoms with E-state index in [1.807, 2.05) is 6.07 Å². The highest BCUT2D eigenvalue weighted by Gasteiger charge is 2.36. The lowest BCUT2D eigenvalue weighted by atomic mass is 10.2. The standard InChI is InChI=1S/C20H14FN3O4S/c21-14-3-5-15(6-4-14)23-18(25)12-24-19(26)17(29-20(24)27)11-13-1-7-16(8-2-13)28-10-9-22/h1-8,11H,10,12H2,(H,23,25)/b17-11-. The average molecular weight is 411 g/mol. The molecule has 3 rings (SSSR count). The Bertz CT molecular complexity index is 1010. The van der Waals surface area contributed by atoms with Gasteiger partial charge in [0.05, 0.1) is 4.91 Å². The minimum atomic E-state index is -0.570. The van der Waals surface area contributed by atoms with E-state index in [0.29, 0.717) is 17.0 Å². The van der Waals surface area contributed by atoms with Crippen LogP contribution in [0.3, 0.4) is 0 Å². The fraction of sp³-hybridized carbons (Fsp3) is 0.100. The van der Waals surface area contributed by atoms with Gasteiger partial charge in [-0.1, -0.05) is 12.1 Å². The third-order valence-electron chi connectivity index (χ3n) is 3.78. The van der Waals surface area contributed by atoms with E-state index in [0.717, 1.165) is 16.7 Å². The lowest BCUT2D eigenvalue weighted by molar-refractivity contribution is -0.127. The minimum absolute atomic E-state index is 0.0712. The average Bonchev–Trinajstić information content (AvgIpc) is 2.96. The molecule has 7 nitrogen and oxygen atoms in total. The molecule has 9 heteroatoms. The lowest BCUT2D eigenvalue weighted by Gasteiger charge is -2.12.